The zero-order valence-electron chi connectivity index (χ0n) is 12.0. The Kier molecular flexibility index (Phi) is 3.76. The van der Waals surface area contributed by atoms with Crippen LogP contribution in [0.15, 0.2) is 24.3 Å². The Morgan fingerprint density at radius 2 is 1.71 bits per heavy atom. The lowest BCUT2D eigenvalue weighted by Crippen LogP contribution is -2.36. The van der Waals surface area contributed by atoms with E-state index in [-0.39, 0.29) is 25.7 Å². The maximum absolute atomic E-state index is 12.7. The first-order valence-corrected chi connectivity index (χ1v) is 7.78. The van der Waals surface area contributed by atoms with E-state index in [1.807, 2.05) is 18.2 Å². The van der Waals surface area contributed by atoms with Crippen molar-refractivity contribution < 1.29 is 18.3 Å². The largest absolute Gasteiger partial charge is 0.391 e. The van der Waals surface area contributed by atoms with Crippen LogP contribution in [0, 0.1) is 5.92 Å². The number of aliphatic hydroxyl groups is 1. The van der Waals surface area contributed by atoms with E-state index in [1.54, 1.807) is 0 Å². The van der Waals surface area contributed by atoms with Gasteiger partial charge in [-0.2, -0.15) is 13.2 Å². The summed E-state index contributed by atoms with van der Waals surface area (Å²) in [5.74, 6) is -0.687. The summed E-state index contributed by atoms with van der Waals surface area (Å²) in [7, 11) is 0. The molecule has 0 radical (unpaired) electrons. The zero-order valence-corrected chi connectivity index (χ0v) is 12.0. The summed E-state index contributed by atoms with van der Waals surface area (Å²) in [4.78, 5) is 0. The van der Waals surface area contributed by atoms with E-state index in [1.165, 1.54) is 24.8 Å². The van der Waals surface area contributed by atoms with Crippen LogP contribution < -0.4 is 0 Å². The van der Waals surface area contributed by atoms with Gasteiger partial charge in [-0.15, -0.1) is 0 Å². The molecule has 1 aromatic carbocycles. The molecule has 1 nitrogen and oxygen atoms in total. The van der Waals surface area contributed by atoms with Gasteiger partial charge in [-0.25, -0.2) is 0 Å². The van der Waals surface area contributed by atoms with Gasteiger partial charge in [0.1, 0.15) is 0 Å². The van der Waals surface area contributed by atoms with Crippen molar-refractivity contribution in [2.24, 2.45) is 5.92 Å². The average Bonchev–Trinajstić information content (AvgIpc) is 2.36. The topological polar surface area (TPSA) is 20.2 Å². The standard InChI is InChI=1S/C17H21F3O/c18-17(19,20)14-7-9-16(21,10-8-14)15-6-2-5-13(11-15)12-3-1-4-12/h2,5-6,11-12,14,21H,1,3-4,7-10H2. The predicted molar refractivity (Wildman–Crippen MR) is 74.9 cm³/mol. The van der Waals surface area contributed by atoms with E-state index in [0.29, 0.717) is 5.92 Å². The van der Waals surface area contributed by atoms with Crippen molar-refractivity contribution in [1.82, 2.24) is 0 Å². The van der Waals surface area contributed by atoms with Gasteiger partial charge in [0.05, 0.1) is 11.5 Å². The van der Waals surface area contributed by atoms with E-state index in [9.17, 15) is 18.3 Å². The smallest absolute Gasteiger partial charge is 0.385 e. The fraction of sp³-hybridized carbons (Fsp3) is 0.647. The Bertz CT molecular complexity index is 497. The van der Waals surface area contributed by atoms with Crippen LogP contribution in [0.4, 0.5) is 13.2 Å². The van der Waals surface area contributed by atoms with Gasteiger partial charge < -0.3 is 5.11 Å². The Labute approximate surface area is 123 Å². The van der Waals surface area contributed by atoms with Crippen LogP contribution in [-0.4, -0.2) is 11.3 Å². The van der Waals surface area contributed by atoms with Gasteiger partial charge in [0.25, 0.3) is 0 Å². The SMILES string of the molecule is OC1(c2cccc(C3CCC3)c2)CCC(C(F)(F)F)CC1. The van der Waals surface area contributed by atoms with Gasteiger partial charge in [-0.1, -0.05) is 30.7 Å². The highest BCUT2D eigenvalue weighted by atomic mass is 19.4. The number of alkyl halides is 3. The van der Waals surface area contributed by atoms with E-state index in [0.717, 1.165) is 5.56 Å². The minimum Gasteiger partial charge on any atom is -0.385 e. The van der Waals surface area contributed by atoms with E-state index in [2.05, 4.69) is 6.07 Å². The molecule has 2 saturated carbocycles. The normalized spacial score (nSPS) is 31.0. The maximum Gasteiger partial charge on any atom is 0.391 e. The molecule has 2 fully saturated rings. The molecule has 1 N–H and O–H groups in total. The lowest BCUT2D eigenvalue weighted by molar-refractivity contribution is -0.193. The second-order valence-electron chi connectivity index (χ2n) is 6.60. The quantitative estimate of drug-likeness (QED) is 0.824. The van der Waals surface area contributed by atoms with E-state index in [4.69, 9.17) is 0 Å². The molecular formula is C17H21F3O. The molecular weight excluding hydrogens is 277 g/mol. The van der Waals surface area contributed by atoms with Crippen molar-refractivity contribution in [2.45, 2.75) is 62.6 Å². The van der Waals surface area contributed by atoms with Crippen LogP contribution in [-0.2, 0) is 5.60 Å². The third-order valence-corrected chi connectivity index (χ3v) is 5.28. The molecule has 0 bridgehead atoms. The lowest BCUT2D eigenvalue weighted by Gasteiger charge is -2.37. The second kappa shape index (κ2) is 5.31. The molecule has 0 aromatic heterocycles. The molecule has 0 saturated heterocycles. The van der Waals surface area contributed by atoms with Crippen LogP contribution in [0.3, 0.4) is 0 Å². The first kappa shape index (κ1) is 14.9. The molecule has 0 unspecified atom stereocenters. The maximum atomic E-state index is 12.7. The van der Waals surface area contributed by atoms with Crippen LogP contribution in [0.2, 0.25) is 0 Å². The zero-order chi connectivity index (χ0) is 15.1. The second-order valence-corrected chi connectivity index (χ2v) is 6.60. The highest BCUT2D eigenvalue weighted by molar-refractivity contribution is 5.31. The third kappa shape index (κ3) is 2.96. The van der Waals surface area contributed by atoms with Crippen molar-refractivity contribution in [1.29, 1.82) is 0 Å². The van der Waals surface area contributed by atoms with Gasteiger partial charge in [-0.05, 0) is 55.6 Å². The summed E-state index contributed by atoms with van der Waals surface area (Å²) in [6, 6.07) is 7.86. The highest BCUT2D eigenvalue weighted by Gasteiger charge is 2.45. The monoisotopic (exact) mass is 298 g/mol. The van der Waals surface area contributed by atoms with Crippen molar-refractivity contribution in [3.63, 3.8) is 0 Å². The molecule has 0 aliphatic heterocycles. The van der Waals surface area contributed by atoms with Gasteiger partial charge in [0.2, 0.25) is 0 Å². The summed E-state index contributed by atoms with van der Waals surface area (Å²) >= 11 is 0. The molecule has 1 aromatic rings. The summed E-state index contributed by atoms with van der Waals surface area (Å²) in [5, 5.41) is 10.8. The number of hydrogen-bond donors (Lipinski definition) is 1. The van der Waals surface area contributed by atoms with Crippen molar-refractivity contribution in [2.75, 3.05) is 0 Å². The predicted octanol–water partition coefficient (Wildman–Crippen LogP) is 4.89. The molecule has 21 heavy (non-hydrogen) atoms. The molecule has 116 valence electrons. The fourth-order valence-electron chi connectivity index (χ4n) is 3.54. The van der Waals surface area contributed by atoms with Gasteiger partial charge in [-0.3, -0.25) is 0 Å². The Morgan fingerprint density at radius 3 is 2.24 bits per heavy atom. The molecule has 0 atom stereocenters. The molecule has 4 heteroatoms. The van der Waals surface area contributed by atoms with Gasteiger partial charge in [0, 0.05) is 0 Å². The Balaban J connectivity index is 1.74. The Morgan fingerprint density at radius 1 is 1.05 bits per heavy atom. The summed E-state index contributed by atoms with van der Waals surface area (Å²) in [5.41, 5.74) is 0.944. The third-order valence-electron chi connectivity index (χ3n) is 5.28. The minimum atomic E-state index is -4.13. The molecule has 2 aliphatic rings. The van der Waals surface area contributed by atoms with Crippen LogP contribution in [0.25, 0.3) is 0 Å². The minimum absolute atomic E-state index is 0.0215. The fourth-order valence-corrected chi connectivity index (χ4v) is 3.54. The van der Waals surface area contributed by atoms with Crippen molar-refractivity contribution in [3.05, 3.63) is 35.4 Å². The number of halogens is 3. The van der Waals surface area contributed by atoms with Gasteiger partial charge >= 0.3 is 6.18 Å². The first-order chi connectivity index (χ1) is 9.88. The van der Waals surface area contributed by atoms with E-state index >= 15 is 0 Å². The summed E-state index contributed by atoms with van der Waals surface area (Å²) in [6.45, 7) is 0. The van der Waals surface area contributed by atoms with Crippen LogP contribution >= 0.6 is 0 Å². The van der Waals surface area contributed by atoms with Gasteiger partial charge in [0.15, 0.2) is 0 Å². The number of hydrogen-bond acceptors (Lipinski definition) is 1. The van der Waals surface area contributed by atoms with Crippen LogP contribution in [0.5, 0.6) is 0 Å². The highest BCUT2D eigenvalue weighted by Crippen LogP contribution is 2.46. The molecule has 0 heterocycles. The van der Waals surface area contributed by atoms with Crippen molar-refractivity contribution >= 4 is 0 Å². The number of rotatable bonds is 2. The first-order valence-electron chi connectivity index (χ1n) is 7.78. The molecule has 3 rings (SSSR count). The van der Waals surface area contributed by atoms with E-state index < -0.39 is 17.7 Å². The number of benzene rings is 1. The molecule has 0 amide bonds. The lowest BCUT2D eigenvalue weighted by atomic mass is 9.73. The molecule has 0 spiro atoms. The van der Waals surface area contributed by atoms with Crippen molar-refractivity contribution in [3.8, 4) is 0 Å². The Hall–Kier alpha value is -1.03. The average molecular weight is 298 g/mol. The molecule has 2 aliphatic carbocycles. The summed E-state index contributed by atoms with van der Waals surface area (Å²) in [6.07, 6.45) is -0.0878. The van der Waals surface area contributed by atoms with Crippen LogP contribution in [0.1, 0.15) is 62.0 Å². The summed E-state index contributed by atoms with van der Waals surface area (Å²) < 4.78 is 38.2.